The summed E-state index contributed by atoms with van der Waals surface area (Å²) in [7, 11) is 0. The number of anilines is 1. The second-order valence-corrected chi connectivity index (χ2v) is 7.08. The molecule has 2 aromatic rings. The van der Waals surface area contributed by atoms with E-state index in [-0.39, 0.29) is 24.2 Å². The molecule has 2 heterocycles. The highest BCUT2D eigenvalue weighted by atomic mass is 32.1. The van der Waals surface area contributed by atoms with E-state index in [1.165, 1.54) is 5.56 Å². The van der Waals surface area contributed by atoms with Crippen molar-refractivity contribution in [1.82, 2.24) is 5.43 Å². The van der Waals surface area contributed by atoms with Crippen molar-refractivity contribution in [3.63, 3.8) is 0 Å². The van der Waals surface area contributed by atoms with Crippen LogP contribution in [0.1, 0.15) is 29.3 Å². The number of benzene rings is 1. The van der Waals surface area contributed by atoms with Crippen LogP contribution in [0, 0.1) is 12.8 Å². The van der Waals surface area contributed by atoms with Crippen molar-refractivity contribution in [3.05, 3.63) is 51.7 Å². The molecule has 0 radical (unpaired) electrons. The molecule has 1 N–H and O–H groups in total. The van der Waals surface area contributed by atoms with Crippen molar-refractivity contribution in [2.75, 3.05) is 11.4 Å². The van der Waals surface area contributed by atoms with Gasteiger partial charge in [-0.1, -0.05) is 19.1 Å². The van der Waals surface area contributed by atoms with E-state index in [1.54, 1.807) is 22.5 Å². The van der Waals surface area contributed by atoms with Gasteiger partial charge in [-0.3, -0.25) is 9.59 Å². The lowest BCUT2D eigenvalue weighted by Crippen LogP contribution is -2.30. The summed E-state index contributed by atoms with van der Waals surface area (Å²) in [5.74, 6) is -0.617. The Morgan fingerprint density at radius 1 is 1.36 bits per heavy atom. The van der Waals surface area contributed by atoms with Gasteiger partial charge in [0.05, 0.1) is 12.1 Å². The molecule has 6 heteroatoms. The molecule has 0 aliphatic carbocycles. The number of amides is 2. The second kappa shape index (κ2) is 7.61. The van der Waals surface area contributed by atoms with Crippen molar-refractivity contribution in [2.24, 2.45) is 11.0 Å². The summed E-state index contributed by atoms with van der Waals surface area (Å²) in [6, 6.07) is 9.92. The Kier molecular flexibility index (Phi) is 5.28. The van der Waals surface area contributed by atoms with Gasteiger partial charge in [0.15, 0.2) is 0 Å². The van der Waals surface area contributed by atoms with Crippen LogP contribution in [0.3, 0.4) is 0 Å². The molecule has 1 aromatic carbocycles. The van der Waals surface area contributed by atoms with Gasteiger partial charge in [0.1, 0.15) is 0 Å². The van der Waals surface area contributed by atoms with Crippen LogP contribution in [0.4, 0.5) is 5.69 Å². The quantitative estimate of drug-likeness (QED) is 0.662. The number of hydrazone groups is 1. The van der Waals surface area contributed by atoms with Gasteiger partial charge in [-0.25, -0.2) is 5.43 Å². The molecule has 1 aliphatic rings. The standard InChI is InChI=1S/C19H21N3O2S/c1-3-14-4-6-16(7-5-14)22-12-15(10-18(22)23)19(24)21-20-11-17-13(2)8-9-25-17/h4-9,11,15H,3,10,12H2,1-2H3,(H,21,24)/b20-11+/t15-/m0/s1. The summed E-state index contributed by atoms with van der Waals surface area (Å²) >= 11 is 1.57. The smallest absolute Gasteiger partial charge is 0.245 e. The Balaban J connectivity index is 1.60. The maximum atomic E-state index is 12.3. The first-order valence-electron chi connectivity index (χ1n) is 8.34. The lowest BCUT2D eigenvalue weighted by molar-refractivity contribution is -0.126. The summed E-state index contributed by atoms with van der Waals surface area (Å²) < 4.78 is 0. The molecule has 0 bridgehead atoms. The lowest BCUT2D eigenvalue weighted by Gasteiger charge is -2.16. The molecule has 1 aromatic heterocycles. The number of rotatable bonds is 5. The summed E-state index contributed by atoms with van der Waals surface area (Å²) in [6.45, 7) is 4.48. The fourth-order valence-corrected chi connectivity index (χ4v) is 3.59. The third-order valence-electron chi connectivity index (χ3n) is 4.41. The van der Waals surface area contributed by atoms with E-state index >= 15 is 0 Å². The number of nitrogens with one attached hydrogen (secondary N) is 1. The van der Waals surface area contributed by atoms with Crippen LogP contribution in [0.25, 0.3) is 0 Å². The molecule has 130 valence electrons. The van der Waals surface area contributed by atoms with Gasteiger partial charge >= 0.3 is 0 Å². The molecular formula is C19H21N3O2S. The van der Waals surface area contributed by atoms with Gasteiger partial charge in [-0.05, 0) is 48.1 Å². The third-order valence-corrected chi connectivity index (χ3v) is 5.36. The van der Waals surface area contributed by atoms with Crippen LogP contribution < -0.4 is 10.3 Å². The van der Waals surface area contributed by atoms with Gasteiger partial charge in [-0.2, -0.15) is 5.10 Å². The Morgan fingerprint density at radius 3 is 2.76 bits per heavy atom. The van der Waals surface area contributed by atoms with Crippen LogP contribution in [-0.4, -0.2) is 24.6 Å². The van der Waals surface area contributed by atoms with Crippen LogP contribution in [0.2, 0.25) is 0 Å². The number of aryl methyl sites for hydroxylation is 2. The average molecular weight is 355 g/mol. The summed E-state index contributed by atoms with van der Waals surface area (Å²) in [5.41, 5.74) is 5.75. The number of thiophene rings is 1. The minimum Gasteiger partial charge on any atom is -0.312 e. The molecule has 0 spiro atoms. The van der Waals surface area contributed by atoms with E-state index < -0.39 is 0 Å². The molecule has 1 atom stereocenters. The topological polar surface area (TPSA) is 61.8 Å². The number of hydrogen-bond acceptors (Lipinski definition) is 4. The minimum atomic E-state index is -0.375. The monoisotopic (exact) mass is 355 g/mol. The molecule has 0 saturated carbocycles. The summed E-state index contributed by atoms with van der Waals surface area (Å²) in [4.78, 5) is 27.2. The second-order valence-electron chi connectivity index (χ2n) is 6.13. The molecule has 2 amide bonds. The van der Waals surface area contributed by atoms with Crippen molar-refractivity contribution < 1.29 is 9.59 Å². The first kappa shape index (κ1) is 17.4. The molecule has 0 unspecified atom stereocenters. The third kappa shape index (κ3) is 3.96. The van der Waals surface area contributed by atoms with E-state index in [0.717, 1.165) is 22.5 Å². The van der Waals surface area contributed by atoms with Crippen molar-refractivity contribution in [2.45, 2.75) is 26.7 Å². The Bertz CT molecular complexity index is 795. The van der Waals surface area contributed by atoms with E-state index in [4.69, 9.17) is 0 Å². The Morgan fingerprint density at radius 2 is 2.12 bits per heavy atom. The zero-order valence-electron chi connectivity index (χ0n) is 14.4. The number of nitrogens with zero attached hydrogens (tertiary/aromatic N) is 2. The van der Waals surface area contributed by atoms with E-state index in [0.29, 0.717) is 6.54 Å². The van der Waals surface area contributed by atoms with Crippen molar-refractivity contribution in [1.29, 1.82) is 0 Å². The molecule has 1 saturated heterocycles. The highest BCUT2D eigenvalue weighted by Gasteiger charge is 2.35. The highest BCUT2D eigenvalue weighted by Crippen LogP contribution is 2.25. The van der Waals surface area contributed by atoms with Crippen LogP contribution in [-0.2, 0) is 16.0 Å². The Labute approximate surface area is 151 Å². The molecule has 25 heavy (non-hydrogen) atoms. The molecule has 1 fully saturated rings. The summed E-state index contributed by atoms with van der Waals surface area (Å²) in [5, 5.41) is 6.00. The molecule has 1 aliphatic heterocycles. The Hall–Kier alpha value is -2.47. The normalized spacial score (nSPS) is 17.4. The fourth-order valence-electron chi connectivity index (χ4n) is 2.81. The van der Waals surface area contributed by atoms with E-state index in [2.05, 4.69) is 17.5 Å². The molecular weight excluding hydrogens is 334 g/mol. The van der Waals surface area contributed by atoms with Gasteiger partial charge in [-0.15, -0.1) is 11.3 Å². The van der Waals surface area contributed by atoms with Crippen molar-refractivity contribution >= 4 is 35.1 Å². The van der Waals surface area contributed by atoms with Crippen LogP contribution >= 0.6 is 11.3 Å². The van der Waals surface area contributed by atoms with Crippen LogP contribution in [0.5, 0.6) is 0 Å². The number of hydrogen-bond donors (Lipinski definition) is 1. The molecule has 5 nitrogen and oxygen atoms in total. The van der Waals surface area contributed by atoms with E-state index in [1.807, 2.05) is 42.6 Å². The van der Waals surface area contributed by atoms with Gasteiger partial charge < -0.3 is 4.90 Å². The zero-order valence-corrected chi connectivity index (χ0v) is 15.2. The average Bonchev–Trinajstić information content (AvgIpc) is 3.21. The molecule has 3 rings (SSSR count). The fraction of sp³-hybridized carbons (Fsp3) is 0.316. The summed E-state index contributed by atoms with van der Waals surface area (Å²) in [6.07, 6.45) is 2.83. The van der Waals surface area contributed by atoms with Crippen LogP contribution in [0.15, 0.2) is 40.8 Å². The predicted octanol–water partition coefficient (Wildman–Crippen LogP) is 3.12. The largest absolute Gasteiger partial charge is 0.312 e. The maximum Gasteiger partial charge on any atom is 0.245 e. The minimum absolute atomic E-state index is 0.0255. The number of carbonyl (C=O) groups excluding carboxylic acids is 2. The SMILES string of the molecule is CCc1ccc(N2C[C@@H](C(=O)N/N=C/c3sccc3C)CC2=O)cc1. The maximum absolute atomic E-state index is 12.3. The highest BCUT2D eigenvalue weighted by molar-refractivity contribution is 7.11. The van der Waals surface area contributed by atoms with Crippen molar-refractivity contribution in [3.8, 4) is 0 Å². The zero-order chi connectivity index (χ0) is 17.8. The number of carbonyl (C=O) groups is 2. The van der Waals surface area contributed by atoms with Gasteiger partial charge in [0.25, 0.3) is 0 Å². The lowest BCUT2D eigenvalue weighted by atomic mass is 10.1. The first-order valence-corrected chi connectivity index (χ1v) is 9.22. The predicted molar refractivity (Wildman–Crippen MR) is 101 cm³/mol. The van der Waals surface area contributed by atoms with E-state index in [9.17, 15) is 9.59 Å². The van der Waals surface area contributed by atoms with Gasteiger partial charge in [0, 0.05) is 23.5 Å². The first-order chi connectivity index (χ1) is 12.1. The van der Waals surface area contributed by atoms with Gasteiger partial charge in [0.2, 0.25) is 11.8 Å².